The van der Waals surface area contributed by atoms with Gasteiger partial charge in [0.1, 0.15) is 6.54 Å². The van der Waals surface area contributed by atoms with Crippen molar-refractivity contribution in [2.75, 3.05) is 13.1 Å². The Morgan fingerprint density at radius 3 is 2.95 bits per heavy atom. The summed E-state index contributed by atoms with van der Waals surface area (Å²) in [6.07, 6.45) is 7.15. The van der Waals surface area contributed by atoms with E-state index in [2.05, 4.69) is 17.2 Å². The molecule has 1 aromatic rings. The zero-order chi connectivity index (χ0) is 13.7. The Bertz CT molecular complexity index is 411. The van der Waals surface area contributed by atoms with Gasteiger partial charge in [0.25, 0.3) is 0 Å². The third kappa shape index (κ3) is 4.06. The average Bonchev–Trinajstić information content (AvgIpc) is 3.12. The normalized spacial score (nSPS) is 14.6. The van der Waals surface area contributed by atoms with Gasteiger partial charge in [-0.15, -0.1) is 0 Å². The van der Waals surface area contributed by atoms with E-state index in [1.807, 2.05) is 22.6 Å². The van der Waals surface area contributed by atoms with Crippen LogP contribution in [0.25, 0.3) is 0 Å². The first-order valence-electron chi connectivity index (χ1n) is 7.25. The monoisotopic (exact) mass is 264 g/mol. The fraction of sp³-hybridized carbons (Fsp3) is 0.714. The van der Waals surface area contributed by atoms with Crippen LogP contribution < -0.4 is 5.32 Å². The number of hydrogen-bond donors (Lipinski definition) is 1. The summed E-state index contributed by atoms with van der Waals surface area (Å²) in [7, 11) is 0. The Morgan fingerprint density at radius 1 is 1.53 bits per heavy atom. The van der Waals surface area contributed by atoms with E-state index in [0.29, 0.717) is 12.6 Å². The lowest BCUT2D eigenvalue weighted by atomic mass is 10.4. The molecule has 1 aromatic heterocycles. The van der Waals surface area contributed by atoms with Gasteiger partial charge in [-0.25, -0.2) is 4.98 Å². The van der Waals surface area contributed by atoms with Crippen LogP contribution in [-0.2, 0) is 17.9 Å². The van der Waals surface area contributed by atoms with Crippen LogP contribution in [0.1, 0.15) is 38.8 Å². The predicted molar refractivity (Wildman–Crippen MR) is 74.6 cm³/mol. The van der Waals surface area contributed by atoms with Crippen molar-refractivity contribution in [2.45, 2.75) is 52.2 Å². The molecule has 2 rings (SSSR count). The molecule has 0 saturated heterocycles. The minimum Gasteiger partial charge on any atom is -0.338 e. The van der Waals surface area contributed by atoms with E-state index < -0.39 is 0 Å². The molecule has 106 valence electrons. The highest BCUT2D eigenvalue weighted by Gasteiger charge is 2.31. The van der Waals surface area contributed by atoms with Crippen molar-refractivity contribution in [3.05, 3.63) is 18.2 Å². The van der Waals surface area contributed by atoms with Gasteiger partial charge in [0.15, 0.2) is 0 Å². The molecule has 1 amide bonds. The van der Waals surface area contributed by atoms with Crippen LogP contribution in [0.3, 0.4) is 0 Å². The number of hydrogen-bond acceptors (Lipinski definition) is 3. The van der Waals surface area contributed by atoms with E-state index in [1.165, 1.54) is 0 Å². The smallest absolute Gasteiger partial charge is 0.242 e. The standard InChI is InChI=1S/C14H24N4O/c1-3-7-15-8-12-9-17(11-16-12)10-14(19)18(4-2)13-5-6-13/h9,11,13,15H,3-8,10H2,1-2H3. The summed E-state index contributed by atoms with van der Waals surface area (Å²) in [6.45, 7) is 7.17. The summed E-state index contributed by atoms with van der Waals surface area (Å²) in [5.41, 5.74) is 0.996. The summed E-state index contributed by atoms with van der Waals surface area (Å²) >= 11 is 0. The summed E-state index contributed by atoms with van der Waals surface area (Å²) in [4.78, 5) is 18.5. The number of amides is 1. The van der Waals surface area contributed by atoms with Crippen molar-refractivity contribution in [1.82, 2.24) is 19.8 Å². The van der Waals surface area contributed by atoms with E-state index >= 15 is 0 Å². The number of rotatable bonds is 8. The zero-order valence-electron chi connectivity index (χ0n) is 11.9. The van der Waals surface area contributed by atoms with Gasteiger partial charge >= 0.3 is 0 Å². The van der Waals surface area contributed by atoms with Crippen LogP contribution >= 0.6 is 0 Å². The van der Waals surface area contributed by atoms with E-state index in [0.717, 1.165) is 44.6 Å². The van der Waals surface area contributed by atoms with Gasteiger partial charge in [-0.1, -0.05) is 6.92 Å². The largest absolute Gasteiger partial charge is 0.338 e. The molecular formula is C14H24N4O. The quantitative estimate of drug-likeness (QED) is 0.722. The molecule has 1 aliphatic rings. The van der Waals surface area contributed by atoms with E-state index in [1.54, 1.807) is 6.33 Å². The second-order valence-electron chi connectivity index (χ2n) is 5.13. The molecule has 5 nitrogen and oxygen atoms in total. The first-order valence-corrected chi connectivity index (χ1v) is 7.25. The molecule has 1 fully saturated rings. The molecule has 0 aromatic carbocycles. The Morgan fingerprint density at radius 2 is 2.32 bits per heavy atom. The third-order valence-corrected chi connectivity index (χ3v) is 3.39. The first kappa shape index (κ1) is 14.1. The SMILES string of the molecule is CCCNCc1cn(CC(=O)N(CC)C2CC2)cn1. The molecule has 5 heteroatoms. The van der Waals surface area contributed by atoms with E-state index in [9.17, 15) is 4.79 Å². The maximum Gasteiger partial charge on any atom is 0.242 e. The highest BCUT2D eigenvalue weighted by Crippen LogP contribution is 2.26. The summed E-state index contributed by atoms with van der Waals surface area (Å²) < 4.78 is 1.89. The second kappa shape index (κ2) is 6.70. The minimum atomic E-state index is 0.204. The molecular weight excluding hydrogens is 240 g/mol. The van der Waals surface area contributed by atoms with Gasteiger partial charge in [0, 0.05) is 25.3 Å². The molecule has 0 bridgehead atoms. The maximum atomic E-state index is 12.2. The number of carbonyl (C=O) groups excluding carboxylic acids is 1. The minimum absolute atomic E-state index is 0.204. The molecule has 0 atom stereocenters. The van der Waals surface area contributed by atoms with Crippen molar-refractivity contribution < 1.29 is 4.79 Å². The van der Waals surface area contributed by atoms with Crippen molar-refractivity contribution in [2.24, 2.45) is 0 Å². The van der Waals surface area contributed by atoms with Crippen LogP contribution in [-0.4, -0.2) is 39.5 Å². The molecule has 1 N–H and O–H groups in total. The van der Waals surface area contributed by atoms with Crippen LogP contribution in [0.5, 0.6) is 0 Å². The number of imidazole rings is 1. The number of nitrogens with zero attached hydrogens (tertiary/aromatic N) is 3. The van der Waals surface area contributed by atoms with Crippen molar-refractivity contribution in [1.29, 1.82) is 0 Å². The van der Waals surface area contributed by atoms with Crippen LogP contribution in [0.15, 0.2) is 12.5 Å². The predicted octanol–water partition coefficient (Wildman–Crippen LogP) is 1.39. The molecule has 0 aliphatic heterocycles. The van der Waals surface area contributed by atoms with Crippen LogP contribution in [0.2, 0.25) is 0 Å². The molecule has 0 unspecified atom stereocenters. The molecule has 1 saturated carbocycles. The summed E-state index contributed by atoms with van der Waals surface area (Å²) in [6, 6.07) is 0.492. The van der Waals surface area contributed by atoms with Gasteiger partial charge < -0.3 is 14.8 Å². The number of carbonyl (C=O) groups is 1. The van der Waals surface area contributed by atoms with Gasteiger partial charge in [-0.3, -0.25) is 4.79 Å². The Hall–Kier alpha value is -1.36. The number of aromatic nitrogens is 2. The van der Waals surface area contributed by atoms with Crippen molar-refractivity contribution in [3.8, 4) is 0 Å². The average molecular weight is 264 g/mol. The fourth-order valence-corrected chi connectivity index (χ4v) is 2.25. The van der Waals surface area contributed by atoms with Crippen LogP contribution in [0, 0.1) is 0 Å². The maximum absolute atomic E-state index is 12.2. The van der Waals surface area contributed by atoms with E-state index in [-0.39, 0.29) is 5.91 Å². The second-order valence-corrected chi connectivity index (χ2v) is 5.13. The first-order chi connectivity index (χ1) is 9.24. The Labute approximate surface area is 115 Å². The van der Waals surface area contributed by atoms with Crippen molar-refractivity contribution in [3.63, 3.8) is 0 Å². The van der Waals surface area contributed by atoms with Crippen LogP contribution in [0.4, 0.5) is 0 Å². The van der Waals surface area contributed by atoms with Crippen molar-refractivity contribution >= 4 is 5.91 Å². The summed E-state index contributed by atoms with van der Waals surface area (Å²) in [5, 5.41) is 3.31. The fourth-order valence-electron chi connectivity index (χ4n) is 2.25. The lowest BCUT2D eigenvalue weighted by Crippen LogP contribution is -2.35. The van der Waals surface area contributed by atoms with E-state index in [4.69, 9.17) is 0 Å². The molecule has 1 aliphatic carbocycles. The Kier molecular flexibility index (Phi) is 4.96. The third-order valence-electron chi connectivity index (χ3n) is 3.39. The zero-order valence-corrected chi connectivity index (χ0v) is 11.9. The highest BCUT2D eigenvalue weighted by molar-refractivity contribution is 5.76. The molecule has 1 heterocycles. The van der Waals surface area contributed by atoms with Gasteiger partial charge in [0.2, 0.25) is 5.91 Å². The van der Waals surface area contributed by atoms with Gasteiger partial charge in [-0.05, 0) is 32.7 Å². The molecule has 0 radical (unpaired) electrons. The molecule has 19 heavy (non-hydrogen) atoms. The van der Waals surface area contributed by atoms with Gasteiger partial charge in [-0.2, -0.15) is 0 Å². The highest BCUT2D eigenvalue weighted by atomic mass is 16.2. The topological polar surface area (TPSA) is 50.2 Å². The number of nitrogens with one attached hydrogen (secondary N) is 1. The lowest BCUT2D eigenvalue weighted by molar-refractivity contribution is -0.132. The summed E-state index contributed by atoms with van der Waals surface area (Å²) in [5.74, 6) is 0.204. The number of likely N-dealkylation sites (N-methyl/N-ethyl adjacent to an activating group) is 1. The Balaban J connectivity index is 1.83. The van der Waals surface area contributed by atoms with Gasteiger partial charge in [0.05, 0.1) is 12.0 Å². The molecule has 0 spiro atoms. The lowest BCUT2D eigenvalue weighted by Gasteiger charge is -2.20.